The number of fused-ring (bicyclic) bond motifs is 1. The van der Waals surface area contributed by atoms with Crippen molar-refractivity contribution in [2.75, 3.05) is 18.4 Å². The van der Waals surface area contributed by atoms with Crippen LogP contribution in [0.4, 0.5) is 5.82 Å². The Balaban J connectivity index is 1.35. The second-order valence-electron chi connectivity index (χ2n) is 9.50. The highest BCUT2D eigenvalue weighted by Crippen LogP contribution is 2.22. The summed E-state index contributed by atoms with van der Waals surface area (Å²) in [5, 5.41) is 19.6. The van der Waals surface area contributed by atoms with Gasteiger partial charge in [0.1, 0.15) is 17.6 Å². The van der Waals surface area contributed by atoms with Gasteiger partial charge in [0.05, 0.1) is 4.90 Å². The van der Waals surface area contributed by atoms with E-state index in [0.29, 0.717) is 24.1 Å². The number of pyridine rings is 1. The van der Waals surface area contributed by atoms with E-state index in [1.807, 2.05) is 13.0 Å². The molecule has 1 amide bonds. The van der Waals surface area contributed by atoms with Crippen LogP contribution in [0.25, 0.3) is 0 Å². The summed E-state index contributed by atoms with van der Waals surface area (Å²) in [6.45, 7) is 6.13. The Morgan fingerprint density at radius 2 is 1.89 bits per heavy atom. The summed E-state index contributed by atoms with van der Waals surface area (Å²) in [4.78, 5) is 29.1. The summed E-state index contributed by atoms with van der Waals surface area (Å²) < 4.78 is 29.8. The molecule has 0 bridgehead atoms. The van der Waals surface area contributed by atoms with Gasteiger partial charge in [0.2, 0.25) is 10.0 Å². The highest BCUT2D eigenvalue weighted by Gasteiger charge is 2.28. The van der Waals surface area contributed by atoms with Crippen LogP contribution in [0.15, 0.2) is 41.4 Å². The van der Waals surface area contributed by atoms with E-state index in [4.69, 9.17) is 0 Å². The lowest BCUT2D eigenvalue weighted by molar-refractivity contribution is -0.138. The van der Waals surface area contributed by atoms with Crippen LogP contribution in [-0.2, 0) is 34.2 Å². The molecule has 202 valence electrons. The van der Waals surface area contributed by atoms with Crippen LogP contribution in [0.3, 0.4) is 0 Å². The number of carbonyl (C=O) groups excluding carboxylic acids is 1. The Kier molecular flexibility index (Phi) is 8.12. The number of anilines is 1. The number of amides is 1. The first-order chi connectivity index (χ1) is 18.0. The molecule has 11 nitrogen and oxygen atoms in total. The quantitative estimate of drug-likeness (QED) is 0.304. The fraction of sp³-hybridized carbons (Fsp3) is 0.385. The molecule has 1 aliphatic heterocycles. The third-order valence-corrected chi connectivity index (χ3v) is 8.13. The highest BCUT2D eigenvalue weighted by molar-refractivity contribution is 7.89. The number of benzene rings is 1. The maximum absolute atomic E-state index is 13.0. The van der Waals surface area contributed by atoms with E-state index in [1.165, 1.54) is 11.6 Å². The maximum atomic E-state index is 13.0. The molecular formula is C26H32N6O5S. The van der Waals surface area contributed by atoms with Crippen molar-refractivity contribution in [3.8, 4) is 0 Å². The van der Waals surface area contributed by atoms with Crippen LogP contribution in [0.1, 0.15) is 44.9 Å². The average Bonchev–Trinajstić information content (AvgIpc) is 3.33. The summed E-state index contributed by atoms with van der Waals surface area (Å²) in [6.07, 6.45) is 4.39. The van der Waals surface area contributed by atoms with Gasteiger partial charge in [-0.05, 0) is 62.4 Å². The molecule has 0 spiro atoms. The van der Waals surface area contributed by atoms with E-state index in [-0.39, 0.29) is 10.6 Å². The van der Waals surface area contributed by atoms with Gasteiger partial charge in [-0.3, -0.25) is 14.3 Å². The SMILES string of the molecule is Cc1cc(C)c(S(=O)(=O)NC(CNC(=O)c2ccn(CCc3ccc4c(n3)NCCC4)n2)C(=O)O)c(C)c1. The summed E-state index contributed by atoms with van der Waals surface area (Å²) in [7, 11) is -4.14. The molecule has 38 heavy (non-hydrogen) atoms. The number of aryl methyl sites for hydroxylation is 6. The molecule has 1 aromatic carbocycles. The fourth-order valence-corrected chi connectivity index (χ4v) is 6.29. The van der Waals surface area contributed by atoms with Crippen LogP contribution in [-0.4, -0.2) is 59.3 Å². The number of aromatic nitrogens is 3. The van der Waals surface area contributed by atoms with Crippen LogP contribution < -0.4 is 15.4 Å². The Bertz CT molecular complexity index is 1440. The molecule has 3 aromatic rings. The molecule has 3 heterocycles. The summed E-state index contributed by atoms with van der Waals surface area (Å²) >= 11 is 0. The third kappa shape index (κ3) is 6.37. The van der Waals surface area contributed by atoms with Crippen LogP contribution in [0.2, 0.25) is 0 Å². The number of hydrogen-bond donors (Lipinski definition) is 4. The van der Waals surface area contributed by atoms with Crippen LogP contribution in [0.5, 0.6) is 0 Å². The summed E-state index contributed by atoms with van der Waals surface area (Å²) in [6, 6.07) is 7.48. The van der Waals surface area contributed by atoms with Crippen LogP contribution >= 0.6 is 0 Å². The number of aliphatic carboxylic acids is 1. The molecule has 4 rings (SSSR count). The van der Waals surface area contributed by atoms with Gasteiger partial charge in [0.25, 0.3) is 5.91 Å². The van der Waals surface area contributed by atoms with Crippen LogP contribution in [0, 0.1) is 20.8 Å². The lowest BCUT2D eigenvalue weighted by Crippen LogP contribution is -2.48. The van der Waals surface area contributed by atoms with Gasteiger partial charge in [0.15, 0.2) is 0 Å². The maximum Gasteiger partial charge on any atom is 0.323 e. The van der Waals surface area contributed by atoms with E-state index in [1.54, 1.807) is 36.9 Å². The minimum absolute atomic E-state index is 0.0311. The molecule has 2 aromatic heterocycles. The molecule has 0 radical (unpaired) electrons. The van der Waals surface area contributed by atoms with Crippen molar-refractivity contribution in [1.29, 1.82) is 0 Å². The molecule has 1 aliphatic rings. The van der Waals surface area contributed by atoms with Crippen molar-refractivity contribution in [3.63, 3.8) is 0 Å². The van der Waals surface area contributed by atoms with Gasteiger partial charge >= 0.3 is 5.97 Å². The molecule has 0 fully saturated rings. The van der Waals surface area contributed by atoms with Gasteiger partial charge in [-0.2, -0.15) is 9.82 Å². The Morgan fingerprint density at radius 3 is 2.61 bits per heavy atom. The molecule has 1 atom stereocenters. The molecule has 0 aliphatic carbocycles. The van der Waals surface area contributed by atoms with Crippen molar-refractivity contribution in [1.82, 2.24) is 24.8 Å². The van der Waals surface area contributed by atoms with E-state index in [2.05, 4.69) is 31.5 Å². The van der Waals surface area contributed by atoms with Gasteiger partial charge < -0.3 is 15.7 Å². The fourth-order valence-electron chi connectivity index (χ4n) is 4.65. The topological polar surface area (TPSA) is 155 Å². The first-order valence-corrected chi connectivity index (χ1v) is 13.9. The van der Waals surface area contributed by atoms with Crippen molar-refractivity contribution in [2.45, 2.75) is 57.5 Å². The van der Waals surface area contributed by atoms with Crippen molar-refractivity contribution in [2.24, 2.45) is 0 Å². The monoisotopic (exact) mass is 540 g/mol. The number of rotatable bonds is 10. The van der Waals surface area contributed by atoms with E-state index in [9.17, 15) is 23.1 Å². The average molecular weight is 541 g/mol. The summed E-state index contributed by atoms with van der Waals surface area (Å²) in [5.74, 6) is -1.09. The van der Waals surface area contributed by atoms with Crippen molar-refractivity contribution >= 4 is 27.7 Å². The zero-order chi connectivity index (χ0) is 27.4. The lowest BCUT2D eigenvalue weighted by Gasteiger charge is -2.18. The predicted molar refractivity (Wildman–Crippen MR) is 142 cm³/mol. The largest absolute Gasteiger partial charge is 0.480 e. The second kappa shape index (κ2) is 11.3. The number of carboxylic acids is 1. The first-order valence-electron chi connectivity index (χ1n) is 12.4. The standard InChI is InChI=1S/C26H32N6O5S/c1-16-13-17(2)23(18(3)14-16)38(36,37)31-22(26(34)35)15-28-25(33)21-9-12-32(30-21)11-8-20-7-6-19-5-4-10-27-24(19)29-20/h6-7,9,12-14,22,31H,4-5,8,10-11,15H2,1-3H3,(H,27,29)(H,28,33)(H,34,35). The molecule has 0 saturated carbocycles. The third-order valence-electron chi connectivity index (χ3n) is 6.36. The number of sulfonamides is 1. The highest BCUT2D eigenvalue weighted by atomic mass is 32.2. The van der Waals surface area contributed by atoms with E-state index < -0.39 is 34.5 Å². The number of nitrogens with one attached hydrogen (secondary N) is 3. The Labute approximate surface area is 221 Å². The minimum Gasteiger partial charge on any atom is -0.480 e. The van der Waals surface area contributed by atoms with Crippen molar-refractivity contribution in [3.05, 3.63) is 70.2 Å². The predicted octanol–water partition coefficient (Wildman–Crippen LogP) is 1.97. The normalized spacial score (nSPS) is 13.9. The summed E-state index contributed by atoms with van der Waals surface area (Å²) in [5.41, 5.74) is 4.14. The van der Waals surface area contributed by atoms with Gasteiger partial charge in [-0.1, -0.05) is 23.8 Å². The Hall–Kier alpha value is -3.77. The molecule has 4 N–H and O–H groups in total. The number of carboxylic acid groups (broad SMARTS) is 1. The number of hydrogen-bond acceptors (Lipinski definition) is 7. The number of nitrogens with zero attached hydrogens (tertiary/aromatic N) is 3. The molecule has 12 heteroatoms. The number of carbonyl (C=O) groups is 2. The van der Waals surface area contributed by atoms with E-state index >= 15 is 0 Å². The zero-order valence-electron chi connectivity index (χ0n) is 21.6. The first kappa shape index (κ1) is 27.3. The van der Waals surface area contributed by atoms with Crippen molar-refractivity contribution < 1.29 is 23.1 Å². The zero-order valence-corrected chi connectivity index (χ0v) is 22.4. The molecule has 0 saturated heterocycles. The van der Waals surface area contributed by atoms with Gasteiger partial charge in [-0.15, -0.1) is 0 Å². The minimum atomic E-state index is -4.14. The lowest BCUT2D eigenvalue weighted by atomic mass is 10.1. The second-order valence-corrected chi connectivity index (χ2v) is 11.2. The van der Waals surface area contributed by atoms with E-state index in [0.717, 1.165) is 36.5 Å². The molecule has 1 unspecified atom stereocenters. The Morgan fingerprint density at radius 1 is 1.16 bits per heavy atom. The molecular weight excluding hydrogens is 508 g/mol. The van der Waals surface area contributed by atoms with Gasteiger partial charge in [-0.25, -0.2) is 13.4 Å². The van der Waals surface area contributed by atoms with Gasteiger partial charge in [0, 0.05) is 37.9 Å². The smallest absolute Gasteiger partial charge is 0.323 e.